The summed E-state index contributed by atoms with van der Waals surface area (Å²) in [7, 11) is -3.22. The molecule has 4 rings (SSSR count). The zero-order chi connectivity index (χ0) is 25.8. The molecule has 4 aromatic rings. The number of nitrogen functional groups attached to an aromatic ring is 1. The Hall–Kier alpha value is -3.22. The van der Waals surface area contributed by atoms with Crippen molar-refractivity contribution in [3.05, 3.63) is 101 Å². The molecule has 1 heterocycles. The Morgan fingerprint density at radius 2 is 1.72 bits per heavy atom. The van der Waals surface area contributed by atoms with Crippen LogP contribution in [0, 0.1) is 0 Å². The normalized spacial score (nSPS) is 13.2. The van der Waals surface area contributed by atoms with Gasteiger partial charge in [0.05, 0.1) is 24.1 Å². The maximum Gasteiger partial charge on any atom is 0.255 e. The SMILES string of the molecule is CC(C)(N)COP(=O)(Cc1ccc(C(=O)Nc2cc(-c3cccs3)ccc2N)cc1)c1ccccc1. The van der Waals surface area contributed by atoms with Crippen molar-refractivity contribution >= 4 is 41.3 Å². The van der Waals surface area contributed by atoms with Gasteiger partial charge in [0.1, 0.15) is 0 Å². The van der Waals surface area contributed by atoms with Crippen LogP contribution in [0.1, 0.15) is 29.8 Å². The largest absolute Gasteiger partial charge is 0.397 e. The van der Waals surface area contributed by atoms with Crippen molar-refractivity contribution in [2.75, 3.05) is 17.7 Å². The van der Waals surface area contributed by atoms with Crippen molar-refractivity contribution in [2.24, 2.45) is 5.73 Å². The average molecular weight is 520 g/mol. The monoisotopic (exact) mass is 519 g/mol. The Bertz CT molecular complexity index is 1370. The maximum absolute atomic E-state index is 13.9. The van der Waals surface area contributed by atoms with E-state index in [1.165, 1.54) is 0 Å². The minimum Gasteiger partial charge on any atom is -0.397 e. The summed E-state index contributed by atoms with van der Waals surface area (Å²) < 4.78 is 19.8. The fourth-order valence-electron chi connectivity index (χ4n) is 3.59. The molecule has 6 nitrogen and oxygen atoms in total. The van der Waals surface area contributed by atoms with Crippen molar-refractivity contribution in [3.8, 4) is 10.4 Å². The van der Waals surface area contributed by atoms with Crippen LogP contribution >= 0.6 is 18.7 Å². The zero-order valence-electron chi connectivity index (χ0n) is 20.3. The molecule has 0 aliphatic carbocycles. The van der Waals surface area contributed by atoms with Gasteiger partial charge in [-0.05, 0) is 72.8 Å². The highest BCUT2D eigenvalue weighted by atomic mass is 32.1. The van der Waals surface area contributed by atoms with Gasteiger partial charge in [0.2, 0.25) is 7.37 Å². The first-order chi connectivity index (χ1) is 17.1. The fourth-order valence-corrected chi connectivity index (χ4v) is 6.60. The summed E-state index contributed by atoms with van der Waals surface area (Å²) in [6, 6.07) is 25.8. The van der Waals surface area contributed by atoms with Crippen LogP contribution < -0.4 is 22.1 Å². The highest BCUT2D eigenvalue weighted by molar-refractivity contribution is 7.66. The van der Waals surface area contributed by atoms with Crippen LogP contribution in [0.15, 0.2) is 90.3 Å². The molecule has 1 unspecified atom stereocenters. The van der Waals surface area contributed by atoms with E-state index >= 15 is 0 Å². The molecule has 1 atom stereocenters. The van der Waals surface area contributed by atoms with Crippen LogP contribution in [0.5, 0.6) is 0 Å². The smallest absolute Gasteiger partial charge is 0.255 e. The molecule has 186 valence electrons. The van der Waals surface area contributed by atoms with E-state index in [-0.39, 0.29) is 18.7 Å². The summed E-state index contributed by atoms with van der Waals surface area (Å²) in [5.41, 5.74) is 14.9. The van der Waals surface area contributed by atoms with Crippen LogP contribution in [0.3, 0.4) is 0 Å². The molecule has 0 spiro atoms. The number of amides is 1. The van der Waals surface area contributed by atoms with Crippen molar-refractivity contribution in [2.45, 2.75) is 25.5 Å². The molecule has 8 heteroatoms. The van der Waals surface area contributed by atoms with E-state index in [0.29, 0.717) is 22.2 Å². The summed E-state index contributed by atoms with van der Waals surface area (Å²) in [6.07, 6.45) is 0.199. The van der Waals surface area contributed by atoms with Crippen molar-refractivity contribution < 1.29 is 13.9 Å². The molecule has 0 saturated carbocycles. The molecule has 0 saturated heterocycles. The third kappa shape index (κ3) is 6.50. The molecule has 0 aliphatic heterocycles. The Labute approximate surface area is 215 Å². The zero-order valence-corrected chi connectivity index (χ0v) is 22.0. The van der Waals surface area contributed by atoms with Gasteiger partial charge in [-0.3, -0.25) is 9.36 Å². The Morgan fingerprint density at radius 1 is 1.00 bits per heavy atom. The van der Waals surface area contributed by atoms with Gasteiger partial charge in [-0.15, -0.1) is 11.3 Å². The Morgan fingerprint density at radius 3 is 2.36 bits per heavy atom. The van der Waals surface area contributed by atoms with E-state index in [1.807, 2.05) is 61.7 Å². The molecule has 3 aromatic carbocycles. The fraction of sp³-hybridized carbons (Fsp3) is 0.179. The molecule has 0 bridgehead atoms. The molecule has 0 fully saturated rings. The summed E-state index contributed by atoms with van der Waals surface area (Å²) in [5, 5.41) is 5.55. The third-order valence-electron chi connectivity index (χ3n) is 5.51. The van der Waals surface area contributed by atoms with Gasteiger partial charge in [-0.2, -0.15) is 0 Å². The number of rotatable bonds is 9. The molecule has 0 aliphatic rings. The number of benzene rings is 3. The van der Waals surface area contributed by atoms with Crippen molar-refractivity contribution in [1.29, 1.82) is 0 Å². The lowest BCUT2D eigenvalue weighted by Gasteiger charge is -2.25. The molecule has 5 N–H and O–H groups in total. The third-order valence-corrected chi connectivity index (χ3v) is 8.84. The molecular formula is C28H30N3O3PS. The van der Waals surface area contributed by atoms with E-state index in [2.05, 4.69) is 5.32 Å². The molecule has 36 heavy (non-hydrogen) atoms. The number of nitrogens with one attached hydrogen (secondary N) is 1. The number of hydrogen-bond donors (Lipinski definition) is 3. The van der Waals surface area contributed by atoms with E-state index in [9.17, 15) is 9.36 Å². The van der Waals surface area contributed by atoms with Gasteiger partial charge >= 0.3 is 0 Å². The summed E-state index contributed by atoms with van der Waals surface area (Å²) >= 11 is 1.62. The summed E-state index contributed by atoms with van der Waals surface area (Å²) in [5.74, 6) is -0.274. The van der Waals surface area contributed by atoms with Gasteiger partial charge in [-0.1, -0.05) is 42.5 Å². The number of anilines is 2. The first-order valence-electron chi connectivity index (χ1n) is 11.5. The second kappa shape index (κ2) is 10.8. The Balaban J connectivity index is 1.50. The van der Waals surface area contributed by atoms with Gasteiger partial charge < -0.3 is 21.3 Å². The number of thiophene rings is 1. The van der Waals surface area contributed by atoms with Gasteiger partial charge in [-0.25, -0.2) is 0 Å². The molecule has 0 radical (unpaired) electrons. The lowest BCUT2D eigenvalue weighted by molar-refractivity contribution is 0.102. The topological polar surface area (TPSA) is 107 Å². The van der Waals surface area contributed by atoms with Gasteiger partial charge in [0, 0.05) is 21.3 Å². The number of carbonyl (C=O) groups is 1. The van der Waals surface area contributed by atoms with Crippen LogP contribution in [0.2, 0.25) is 0 Å². The van der Waals surface area contributed by atoms with E-state index < -0.39 is 12.9 Å². The van der Waals surface area contributed by atoms with E-state index in [0.717, 1.165) is 16.0 Å². The van der Waals surface area contributed by atoms with Crippen molar-refractivity contribution in [1.82, 2.24) is 0 Å². The quantitative estimate of drug-likeness (QED) is 0.183. The van der Waals surface area contributed by atoms with Crippen LogP contribution in [0.25, 0.3) is 10.4 Å². The predicted octanol–water partition coefficient (Wildman–Crippen LogP) is 6.11. The van der Waals surface area contributed by atoms with Gasteiger partial charge in [0.15, 0.2) is 0 Å². The van der Waals surface area contributed by atoms with Crippen molar-refractivity contribution in [3.63, 3.8) is 0 Å². The van der Waals surface area contributed by atoms with Crippen LogP contribution in [0.4, 0.5) is 11.4 Å². The maximum atomic E-state index is 13.9. The molecule has 1 aromatic heterocycles. The highest BCUT2D eigenvalue weighted by Crippen LogP contribution is 2.49. The second-order valence-corrected chi connectivity index (χ2v) is 12.7. The minimum absolute atomic E-state index is 0.158. The molecule has 1 amide bonds. The first kappa shape index (κ1) is 25.9. The predicted molar refractivity (Wildman–Crippen MR) is 150 cm³/mol. The highest BCUT2D eigenvalue weighted by Gasteiger charge is 2.29. The lowest BCUT2D eigenvalue weighted by Crippen LogP contribution is -2.37. The minimum atomic E-state index is -3.22. The lowest BCUT2D eigenvalue weighted by atomic mass is 10.1. The standard InChI is InChI=1S/C28H30N3O3PS/c1-28(2,30)19-34-35(33,23-7-4-3-5-8-23)18-20-10-12-21(13-11-20)27(32)31-25-17-22(14-15-24(25)29)26-9-6-16-36-26/h3-17H,18-19,29-30H2,1-2H3,(H,31,32). The molecular weight excluding hydrogens is 489 g/mol. The number of carbonyl (C=O) groups excluding carboxylic acids is 1. The average Bonchev–Trinajstić information content (AvgIpc) is 3.40. The summed E-state index contributed by atoms with van der Waals surface area (Å²) in [4.78, 5) is 14.0. The second-order valence-electron chi connectivity index (χ2n) is 9.36. The Kier molecular flexibility index (Phi) is 7.76. The van der Waals surface area contributed by atoms with E-state index in [4.69, 9.17) is 16.0 Å². The van der Waals surface area contributed by atoms with Crippen LogP contribution in [-0.4, -0.2) is 18.1 Å². The van der Waals surface area contributed by atoms with Crippen LogP contribution in [-0.2, 0) is 15.3 Å². The number of nitrogens with two attached hydrogens (primary N) is 2. The summed E-state index contributed by atoms with van der Waals surface area (Å²) in [6.45, 7) is 3.82. The first-order valence-corrected chi connectivity index (χ1v) is 14.2. The van der Waals surface area contributed by atoms with Gasteiger partial charge in [0.25, 0.3) is 5.91 Å². The number of hydrogen-bond acceptors (Lipinski definition) is 6. The van der Waals surface area contributed by atoms with E-state index in [1.54, 1.807) is 53.8 Å².